The van der Waals surface area contributed by atoms with E-state index in [4.69, 9.17) is 0 Å². The third-order valence-electron chi connectivity index (χ3n) is 0.858. The molecule has 1 aromatic heterocycles. The number of aromatic nitrogens is 1. The molecule has 0 aliphatic rings. The number of rotatable bonds is 1. The van der Waals surface area contributed by atoms with Crippen LogP contribution in [-0.4, -0.2) is 25.0 Å². The van der Waals surface area contributed by atoms with Crippen LogP contribution in [0.5, 0.6) is 0 Å². The SMILES string of the molecule is FC(F)(F)[Se]c1ccccn1. The number of nitrogens with zero attached hydrogens (tertiary/aromatic N) is 1. The molecule has 0 bridgehead atoms. The molecule has 0 amide bonds. The zero-order valence-corrected chi connectivity index (χ0v) is 7.01. The Bertz CT molecular complexity index is 221. The molecule has 0 aliphatic heterocycles. The van der Waals surface area contributed by atoms with Gasteiger partial charge < -0.3 is 0 Å². The molecule has 0 radical (unpaired) electrons. The Labute approximate surface area is 67.8 Å². The zero-order valence-electron chi connectivity index (χ0n) is 5.30. The zero-order chi connectivity index (χ0) is 8.32. The molecular weight excluding hydrogens is 222 g/mol. The first-order chi connectivity index (χ1) is 5.08. The number of pyridine rings is 1. The summed E-state index contributed by atoms with van der Waals surface area (Å²) in [4.78, 5) is 3.57. The summed E-state index contributed by atoms with van der Waals surface area (Å²) in [6, 6.07) is 4.53. The van der Waals surface area contributed by atoms with Gasteiger partial charge in [0.2, 0.25) is 0 Å². The van der Waals surface area contributed by atoms with Crippen LogP contribution in [0.4, 0.5) is 13.2 Å². The second-order valence-electron chi connectivity index (χ2n) is 1.72. The first kappa shape index (κ1) is 8.56. The second-order valence-corrected chi connectivity index (χ2v) is 3.99. The fraction of sp³-hybridized carbons (Fsp3) is 0.167. The van der Waals surface area contributed by atoms with E-state index in [0.717, 1.165) is 0 Å². The molecule has 0 aliphatic carbocycles. The van der Waals surface area contributed by atoms with Crippen LogP contribution in [-0.2, 0) is 0 Å². The van der Waals surface area contributed by atoms with Crippen LogP contribution in [0.3, 0.4) is 0 Å². The summed E-state index contributed by atoms with van der Waals surface area (Å²) in [6.45, 7) is 0. The molecular formula is C6H4F3NSe. The van der Waals surface area contributed by atoms with Gasteiger partial charge in [0.15, 0.2) is 0 Å². The molecule has 5 heteroatoms. The van der Waals surface area contributed by atoms with Crippen LogP contribution < -0.4 is 4.59 Å². The van der Waals surface area contributed by atoms with Crippen LogP contribution in [0.1, 0.15) is 0 Å². The Morgan fingerprint density at radius 1 is 1.27 bits per heavy atom. The average molecular weight is 226 g/mol. The van der Waals surface area contributed by atoms with Crippen molar-refractivity contribution >= 4 is 19.5 Å². The Morgan fingerprint density at radius 2 is 2.00 bits per heavy atom. The predicted molar refractivity (Wildman–Crippen MR) is 35.7 cm³/mol. The predicted octanol–water partition coefficient (Wildman–Crippen LogP) is 0.931. The van der Waals surface area contributed by atoms with E-state index >= 15 is 0 Å². The molecule has 0 fully saturated rings. The molecule has 1 aromatic rings. The van der Waals surface area contributed by atoms with Crippen molar-refractivity contribution in [3.8, 4) is 0 Å². The van der Waals surface area contributed by atoms with E-state index in [0.29, 0.717) is 0 Å². The van der Waals surface area contributed by atoms with Crippen LogP contribution in [0.25, 0.3) is 0 Å². The van der Waals surface area contributed by atoms with E-state index in [1.165, 1.54) is 12.3 Å². The van der Waals surface area contributed by atoms with Gasteiger partial charge in [-0.2, -0.15) is 0 Å². The maximum atomic E-state index is 11.7. The number of halogens is 3. The first-order valence-corrected chi connectivity index (χ1v) is 4.46. The topological polar surface area (TPSA) is 12.9 Å². The molecule has 1 nitrogen and oxygen atoms in total. The minimum absolute atomic E-state index is 0.118. The maximum absolute atomic E-state index is 11.7. The molecule has 0 atom stereocenters. The normalized spacial score (nSPS) is 11.5. The van der Waals surface area contributed by atoms with Gasteiger partial charge in [-0.3, -0.25) is 0 Å². The van der Waals surface area contributed by atoms with Crippen molar-refractivity contribution in [3.05, 3.63) is 24.4 Å². The number of alkyl halides is 3. The molecule has 0 saturated heterocycles. The first-order valence-electron chi connectivity index (χ1n) is 2.75. The molecule has 1 rings (SSSR count). The van der Waals surface area contributed by atoms with E-state index in [-0.39, 0.29) is 4.59 Å². The third kappa shape index (κ3) is 3.39. The van der Waals surface area contributed by atoms with E-state index in [9.17, 15) is 13.2 Å². The second kappa shape index (κ2) is 3.24. The van der Waals surface area contributed by atoms with E-state index in [2.05, 4.69) is 4.98 Å². The summed E-state index contributed by atoms with van der Waals surface area (Å²) in [7, 11) is 0. The van der Waals surface area contributed by atoms with Crippen molar-refractivity contribution in [3.63, 3.8) is 0 Å². The third-order valence-corrected chi connectivity index (χ3v) is 2.29. The van der Waals surface area contributed by atoms with Crippen molar-refractivity contribution in [2.75, 3.05) is 0 Å². The Kier molecular flexibility index (Phi) is 2.52. The van der Waals surface area contributed by atoms with Crippen LogP contribution in [0, 0.1) is 0 Å². The van der Waals surface area contributed by atoms with Crippen LogP contribution >= 0.6 is 0 Å². The van der Waals surface area contributed by atoms with Gasteiger partial charge in [-0.1, -0.05) is 0 Å². The molecule has 0 spiro atoms. The minimum atomic E-state index is -4.10. The molecule has 0 N–H and O–H groups in total. The molecule has 11 heavy (non-hydrogen) atoms. The molecule has 60 valence electrons. The van der Waals surface area contributed by atoms with E-state index in [1.807, 2.05) is 0 Å². The summed E-state index contributed by atoms with van der Waals surface area (Å²) in [5.41, 5.74) is 0. The van der Waals surface area contributed by atoms with E-state index in [1.54, 1.807) is 12.1 Å². The van der Waals surface area contributed by atoms with Gasteiger partial charge in [-0.25, -0.2) is 0 Å². The summed E-state index contributed by atoms with van der Waals surface area (Å²) in [5.74, 6) is 0. The molecule has 0 aromatic carbocycles. The Hall–Kier alpha value is -0.541. The van der Waals surface area contributed by atoms with Crippen LogP contribution in [0.2, 0.25) is 0 Å². The van der Waals surface area contributed by atoms with Gasteiger partial charge in [0.25, 0.3) is 0 Å². The van der Waals surface area contributed by atoms with Gasteiger partial charge in [0.1, 0.15) is 0 Å². The molecule has 0 saturated carbocycles. The van der Waals surface area contributed by atoms with Crippen molar-refractivity contribution in [1.29, 1.82) is 0 Å². The van der Waals surface area contributed by atoms with Crippen LogP contribution in [0.15, 0.2) is 24.4 Å². The number of hydrogen-bond donors (Lipinski definition) is 0. The number of hydrogen-bond acceptors (Lipinski definition) is 1. The van der Waals surface area contributed by atoms with E-state index < -0.39 is 20.0 Å². The molecule has 0 unspecified atom stereocenters. The standard InChI is InChI=1S/C6H4F3NSe/c7-6(8,9)11-5-3-1-2-4-10-5/h1-4H. The summed E-state index contributed by atoms with van der Waals surface area (Å²) in [6.07, 6.45) is 1.36. The molecule has 1 heterocycles. The summed E-state index contributed by atoms with van der Waals surface area (Å²) < 4.78 is 35.3. The monoisotopic (exact) mass is 227 g/mol. The summed E-state index contributed by atoms with van der Waals surface area (Å²) >= 11 is -1.51. The summed E-state index contributed by atoms with van der Waals surface area (Å²) in [5, 5.41) is -4.10. The van der Waals surface area contributed by atoms with Gasteiger partial charge >= 0.3 is 67.2 Å². The van der Waals surface area contributed by atoms with Gasteiger partial charge in [0.05, 0.1) is 0 Å². The Morgan fingerprint density at radius 3 is 2.45 bits per heavy atom. The van der Waals surface area contributed by atoms with Gasteiger partial charge in [0, 0.05) is 0 Å². The van der Waals surface area contributed by atoms with Crippen molar-refractivity contribution in [2.45, 2.75) is 5.07 Å². The fourth-order valence-corrected chi connectivity index (χ4v) is 1.57. The Balaban J connectivity index is 2.66. The van der Waals surface area contributed by atoms with Crippen molar-refractivity contribution in [1.82, 2.24) is 4.98 Å². The van der Waals surface area contributed by atoms with Gasteiger partial charge in [-0.15, -0.1) is 0 Å². The van der Waals surface area contributed by atoms with Crippen molar-refractivity contribution in [2.24, 2.45) is 0 Å². The quantitative estimate of drug-likeness (QED) is 0.649. The van der Waals surface area contributed by atoms with Crippen molar-refractivity contribution < 1.29 is 13.2 Å². The average Bonchev–Trinajstić information content (AvgIpc) is 1.85. The fourth-order valence-electron chi connectivity index (χ4n) is 0.526. The van der Waals surface area contributed by atoms with Gasteiger partial charge in [-0.05, 0) is 0 Å².